The summed E-state index contributed by atoms with van der Waals surface area (Å²) < 4.78 is 42.6. The van der Waals surface area contributed by atoms with Gasteiger partial charge < -0.3 is 21.3 Å². The highest BCUT2D eigenvalue weighted by Gasteiger charge is 2.34. The van der Waals surface area contributed by atoms with E-state index < -0.39 is 34.5 Å². The van der Waals surface area contributed by atoms with Gasteiger partial charge in [0.1, 0.15) is 0 Å². The Morgan fingerprint density at radius 1 is 1.16 bits per heavy atom. The summed E-state index contributed by atoms with van der Waals surface area (Å²) in [5, 5.41) is -0.944. The van der Waals surface area contributed by atoms with Crippen molar-refractivity contribution in [3.05, 3.63) is 0 Å². The number of nitrogens with two attached hydrogens (primary N) is 2. The number of hydrogen-bond acceptors (Lipinski definition) is 6. The summed E-state index contributed by atoms with van der Waals surface area (Å²) in [5.74, 6) is 0.416. The molecule has 0 aromatic rings. The Kier molecular flexibility index (Phi) is 10.7. The molecule has 0 fully saturated rings. The van der Waals surface area contributed by atoms with E-state index in [1.54, 1.807) is 6.92 Å². The minimum atomic E-state index is -4.13. The minimum Gasteiger partial charge on any atom is -0.326 e. The van der Waals surface area contributed by atoms with E-state index in [1.807, 2.05) is 0 Å². The molecule has 4 unspecified atom stereocenters. The van der Waals surface area contributed by atoms with Gasteiger partial charge >= 0.3 is 7.60 Å². The Labute approximate surface area is 156 Å². The van der Waals surface area contributed by atoms with Crippen molar-refractivity contribution in [1.29, 1.82) is 0 Å². The second-order valence-electron chi connectivity index (χ2n) is 7.06. The third-order valence-electron chi connectivity index (χ3n) is 4.59. The highest BCUT2D eigenvalue weighted by molar-refractivity contribution is 7.86. The normalized spacial score (nSPS) is 19.2. The lowest BCUT2D eigenvalue weighted by Crippen LogP contribution is -2.56. The van der Waals surface area contributed by atoms with Gasteiger partial charge in [0, 0.05) is 11.6 Å². The van der Waals surface area contributed by atoms with Gasteiger partial charge in [-0.15, -0.1) is 0 Å². The van der Waals surface area contributed by atoms with Crippen LogP contribution in [-0.4, -0.2) is 51.5 Å². The molecule has 0 saturated heterocycles. The molecular formula is C14H33N2O6PS2. The first-order chi connectivity index (χ1) is 11.2. The third kappa shape index (κ3) is 10.9. The van der Waals surface area contributed by atoms with E-state index in [0.29, 0.717) is 31.4 Å². The molecule has 0 aliphatic carbocycles. The van der Waals surface area contributed by atoms with Crippen molar-refractivity contribution >= 4 is 30.3 Å². The van der Waals surface area contributed by atoms with Crippen LogP contribution in [0, 0.1) is 5.92 Å². The first kappa shape index (κ1) is 25.3. The van der Waals surface area contributed by atoms with Gasteiger partial charge in [0.2, 0.25) is 0 Å². The first-order valence-corrected chi connectivity index (χ1v) is 12.3. The summed E-state index contributed by atoms with van der Waals surface area (Å²) in [6.45, 7) is 3.14. The molecule has 25 heavy (non-hydrogen) atoms. The summed E-state index contributed by atoms with van der Waals surface area (Å²) in [7, 11) is -8.23. The molecule has 0 aliphatic rings. The van der Waals surface area contributed by atoms with Gasteiger partial charge in [0.15, 0.2) is 0 Å². The van der Waals surface area contributed by atoms with Crippen LogP contribution in [0.5, 0.6) is 0 Å². The maximum Gasteiger partial charge on any atom is 0.325 e. The summed E-state index contributed by atoms with van der Waals surface area (Å²) in [5.41, 5.74) is 11.8. The zero-order valence-corrected chi connectivity index (χ0v) is 17.5. The van der Waals surface area contributed by atoms with Crippen LogP contribution in [0.3, 0.4) is 0 Å². The molecule has 0 rings (SSSR count). The largest absolute Gasteiger partial charge is 0.326 e. The van der Waals surface area contributed by atoms with E-state index in [2.05, 4.69) is 12.6 Å². The van der Waals surface area contributed by atoms with Crippen LogP contribution in [-0.2, 0) is 14.7 Å². The molecule has 0 bridgehead atoms. The van der Waals surface area contributed by atoms with Gasteiger partial charge in [-0.1, -0.05) is 6.92 Å². The molecular weight excluding hydrogens is 387 g/mol. The first-order valence-electron chi connectivity index (χ1n) is 8.37. The van der Waals surface area contributed by atoms with Gasteiger partial charge in [0.25, 0.3) is 10.1 Å². The summed E-state index contributed by atoms with van der Waals surface area (Å²) in [6.07, 6.45) is 2.50. The monoisotopic (exact) mass is 420 g/mol. The molecule has 0 spiro atoms. The van der Waals surface area contributed by atoms with Crippen LogP contribution < -0.4 is 11.5 Å². The van der Waals surface area contributed by atoms with E-state index in [-0.39, 0.29) is 18.5 Å². The standard InChI is InChI=1S/C14H33N2O6PS2/c1-11(10-23(17,18)19)5-7-14(16,13(15)4-3-9-24)8-6-12(2)25(20,21)22/h11-13,24H,3-10,15-16H2,1-2H3,(H2,17,18,19)(H,20,21,22). The number of hydrogen-bond donors (Lipinski definition) is 6. The second-order valence-corrected chi connectivity index (χ2v) is 11.0. The van der Waals surface area contributed by atoms with Gasteiger partial charge in [-0.05, 0) is 57.1 Å². The number of thiol groups is 1. The van der Waals surface area contributed by atoms with Crippen molar-refractivity contribution < 1.29 is 27.3 Å². The Morgan fingerprint density at radius 3 is 2.12 bits per heavy atom. The molecule has 4 atom stereocenters. The zero-order chi connectivity index (χ0) is 19.9. The fourth-order valence-corrected chi connectivity index (χ4v) is 4.32. The molecule has 0 saturated carbocycles. The average molecular weight is 421 g/mol. The molecule has 152 valence electrons. The number of rotatable bonds is 13. The van der Waals surface area contributed by atoms with Gasteiger partial charge in [-0.25, -0.2) is 0 Å². The van der Waals surface area contributed by atoms with Gasteiger partial charge in [0.05, 0.1) is 11.4 Å². The fourth-order valence-electron chi connectivity index (χ4n) is 2.73. The van der Waals surface area contributed by atoms with Crippen molar-refractivity contribution in [2.75, 3.05) is 11.9 Å². The summed E-state index contributed by atoms with van der Waals surface area (Å²) in [4.78, 5) is 18.1. The highest BCUT2D eigenvalue weighted by Crippen LogP contribution is 2.38. The Morgan fingerprint density at radius 2 is 1.68 bits per heavy atom. The predicted octanol–water partition coefficient (Wildman–Crippen LogP) is 1.37. The van der Waals surface area contributed by atoms with E-state index in [4.69, 9.17) is 25.8 Å². The topological polar surface area (TPSA) is 164 Å². The molecule has 0 radical (unpaired) electrons. The smallest absolute Gasteiger partial charge is 0.325 e. The zero-order valence-electron chi connectivity index (χ0n) is 14.9. The third-order valence-corrected chi connectivity index (χ3v) is 7.26. The fraction of sp³-hybridized carbons (Fsp3) is 1.00. The molecule has 8 nitrogen and oxygen atoms in total. The molecule has 0 aromatic heterocycles. The van der Waals surface area contributed by atoms with Crippen molar-refractivity contribution in [2.45, 2.75) is 69.2 Å². The van der Waals surface area contributed by atoms with Crippen LogP contribution in [0.4, 0.5) is 0 Å². The van der Waals surface area contributed by atoms with Crippen LogP contribution in [0.15, 0.2) is 0 Å². The maximum absolute atomic E-state index is 11.2. The lowest BCUT2D eigenvalue weighted by molar-refractivity contribution is 0.258. The molecule has 0 heterocycles. The Bertz CT molecular complexity index is 541. The summed E-state index contributed by atoms with van der Waals surface area (Å²) in [6, 6.07) is -0.393. The lowest BCUT2D eigenvalue weighted by atomic mass is 9.79. The van der Waals surface area contributed by atoms with Crippen LogP contribution >= 0.6 is 20.2 Å². The SMILES string of the molecule is CC(CCC(N)(CCC(C)S(=O)(=O)O)C(N)CCCS)CP(=O)(O)O. The van der Waals surface area contributed by atoms with Crippen molar-refractivity contribution in [3.8, 4) is 0 Å². The molecule has 0 amide bonds. The van der Waals surface area contributed by atoms with Gasteiger partial charge in [-0.2, -0.15) is 21.0 Å². The van der Waals surface area contributed by atoms with Crippen LogP contribution in [0.25, 0.3) is 0 Å². The second kappa shape index (κ2) is 10.6. The summed E-state index contributed by atoms with van der Waals surface area (Å²) >= 11 is 4.15. The van der Waals surface area contributed by atoms with Crippen LogP contribution in [0.1, 0.15) is 52.4 Å². The predicted molar refractivity (Wildman–Crippen MR) is 104 cm³/mol. The van der Waals surface area contributed by atoms with Gasteiger partial charge in [-0.3, -0.25) is 9.12 Å². The molecule has 11 heteroatoms. The quantitative estimate of drug-likeness (QED) is 0.148. The Balaban J connectivity index is 4.97. The average Bonchev–Trinajstić information content (AvgIpc) is 2.45. The van der Waals surface area contributed by atoms with E-state index in [0.717, 1.165) is 6.42 Å². The van der Waals surface area contributed by atoms with Crippen molar-refractivity contribution in [3.63, 3.8) is 0 Å². The molecule has 0 aromatic carbocycles. The molecule has 7 N–H and O–H groups in total. The molecule has 0 aliphatic heterocycles. The maximum atomic E-state index is 11.2. The van der Waals surface area contributed by atoms with E-state index >= 15 is 0 Å². The van der Waals surface area contributed by atoms with E-state index in [9.17, 15) is 13.0 Å². The van der Waals surface area contributed by atoms with Crippen molar-refractivity contribution in [1.82, 2.24) is 0 Å². The van der Waals surface area contributed by atoms with Crippen LogP contribution in [0.2, 0.25) is 0 Å². The lowest BCUT2D eigenvalue weighted by Gasteiger charge is -2.37. The van der Waals surface area contributed by atoms with E-state index in [1.165, 1.54) is 6.92 Å². The highest BCUT2D eigenvalue weighted by atomic mass is 32.2. The van der Waals surface area contributed by atoms with Crippen molar-refractivity contribution in [2.24, 2.45) is 17.4 Å². The minimum absolute atomic E-state index is 0.163. The Hall–Kier alpha value is 0.330.